The Bertz CT molecular complexity index is 348. The van der Waals surface area contributed by atoms with E-state index in [2.05, 4.69) is 0 Å². The van der Waals surface area contributed by atoms with Gasteiger partial charge in [0.1, 0.15) is 0 Å². The summed E-state index contributed by atoms with van der Waals surface area (Å²) in [6, 6.07) is 0. The Hall–Kier alpha value is -0.570. The number of carbonyl (C=O) groups is 1. The van der Waals surface area contributed by atoms with Gasteiger partial charge in [0.05, 0.1) is 12.7 Å². The molecule has 1 heterocycles. The van der Waals surface area contributed by atoms with Crippen LogP contribution in [0.5, 0.6) is 0 Å². The third-order valence-corrected chi connectivity index (χ3v) is 5.96. The van der Waals surface area contributed by atoms with E-state index in [0.717, 1.165) is 31.1 Å². The van der Waals surface area contributed by atoms with Crippen molar-refractivity contribution in [3.05, 3.63) is 0 Å². The molecular formula is C18H30O3. The Kier molecular flexibility index (Phi) is 5.20. The number of hydrogen-bond acceptors (Lipinski definition) is 3. The van der Waals surface area contributed by atoms with E-state index in [-0.39, 0.29) is 12.1 Å². The third kappa shape index (κ3) is 3.61. The van der Waals surface area contributed by atoms with Gasteiger partial charge in [-0.2, -0.15) is 0 Å². The van der Waals surface area contributed by atoms with Gasteiger partial charge in [-0.1, -0.05) is 32.1 Å². The van der Waals surface area contributed by atoms with E-state index in [1.54, 1.807) is 0 Å². The zero-order valence-electron chi connectivity index (χ0n) is 13.4. The molecule has 120 valence electrons. The highest BCUT2D eigenvalue weighted by Crippen LogP contribution is 2.44. The summed E-state index contributed by atoms with van der Waals surface area (Å²) in [6.45, 7) is 2.31. The van der Waals surface area contributed by atoms with Crippen molar-refractivity contribution < 1.29 is 14.3 Å². The van der Waals surface area contributed by atoms with Gasteiger partial charge in [0.15, 0.2) is 6.10 Å². The van der Waals surface area contributed by atoms with Crippen molar-refractivity contribution >= 4 is 5.97 Å². The zero-order valence-corrected chi connectivity index (χ0v) is 13.4. The predicted octanol–water partition coefficient (Wildman–Crippen LogP) is 4.09. The average Bonchev–Trinajstić information content (AvgIpc) is 2.55. The Balaban J connectivity index is 1.51. The number of rotatable bonds is 3. The quantitative estimate of drug-likeness (QED) is 0.735. The lowest BCUT2D eigenvalue weighted by atomic mass is 9.68. The SMILES string of the molecule is CCOC(=O)[C@@H]1CC[C@@H]2C[C@H](C3CCCCC3)CC[C@H]2O1. The molecule has 0 aromatic rings. The molecule has 4 atom stereocenters. The number of ether oxygens (including phenoxy) is 2. The van der Waals surface area contributed by atoms with Gasteiger partial charge in [0.2, 0.25) is 0 Å². The molecule has 0 unspecified atom stereocenters. The summed E-state index contributed by atoms with van der Waals surface area (Å²) >= 11 is 0. The third-order valence-electron chi connectivity index (χ3n) is 5.96. The topological polar surface area (TPSA) is 35.5 Å². The zero-order chi connectivity index (χ0) is 14.7. The van der Waals surface area contributed by atoms with Crippen LogP contribution in [0.15, 0.2) is 0 Å². The molecule has 3 aliphatic rings. The molecule has 3 heteroatoms. The number of carbonyl (C=O) groups excluding carboxylic acids is 1. The van der Waals surface area contributed by atoms with E-state index in [4.69, 9.17) is 9.47 Å². The fourth-order valence-corrected chi connectivity index (χ4v) is 4.84. The van der Waals surface area contributed by atoms with Crippen LogP contribution < -0.4 is 0 Å². The molecule has 3 fully saturated rings. The van der Waals surface area contributed by atoms with Crippen LogP contribution in [0.1, 0.15) is 71.1 Å². The Labute approximate surface area is 128 Å². The Morgan fingerprint density at radius 2 is 1.71 bits per heavy atom. The monoisotopic (exact) mass is 294 g/mol. The predicted molar refractivity (Wildman–Crippen MR) is 81.9 cm³/mol. The standard InChI is InChI=1S/C18H30O3/c1-2-20-18(19)17-11-9-15-12-14(8-10-16(15)21-17)13-6-4-3-5-7-13/h13-17H,2-12H2,1H3/t14-,15-,16-,17+/m1/s1. The lowest BCUT2D eigenvalue weighted by molar-refractivity contribution is -0.174. The maximum Gasteiger partial charge on any atom is 0.335 e. The van der Waals surface area contributed by atoms with Gasteiger partial charge in [-0.15, -0.1) is 0 Å². The summed E-state index contributed by atoms with van der Waals surface area (Å²) in [5, 5.41) is 0. The molecule has 21 heavy (non-hydrogen) atoms. The largest absolute Gasteiger partial charge is 0.464 e. The normalized spacial score (nSPS) is 37.8. The summed E-state index contributed by atoms with van der Waals surface area (Å²) in [4.78, 5) is 11.8. The van der Waals surface area contributed by atoms with Crippen LogP contribution >= 0.6 is 0 Å². The van der Waals surface area contributed by atoms with Gasteiger partial charge >= 0.3 is 5.97 Å². The van der Waals surface area contributed by atoms with Gasteiger partial charge in [0, 0.05) is 0 Å². The van der Waals surface area contributed by atoms with E-state index < -0.39 is 0 Å². The number of fused-ring (bicyclic) bond motifs is 1. The van der Waals surface area contributed by atoms with Crippen molar-refractivity contribution in [1.29, 1.82) is 0 Å². The van der Waals surface area contributed by atoms with E-state index in [1.165, 1.54) is 44.9 Å². The summed E-state index contributed by atoms with van der Waals surface area (Å²) in [6.07, 6.45) is 13.1. The van der Waals surface area contributed by atoms with Crippen LogP contribution in [0.25, 0.3) is 0 Å². The van der Waals surface area contributed by atoms with E-state index in [9.17, 15) is 4.79 Å². The van der Waals surface area contributed by atoms with Crippen molar-refractivity contribution in [2.75, 3.05) is 6.61 Å². The Morgan fingerprint density at radius 3 is 2.48 bits per heavy atom. The summed E-state index contributed by atoms with van der Waals surface area (Å²) in [5.41, 5.74) is 0. The molecule has 2 saturated carbocycles. The van der Waals surface area contributed by atoms with Crippen LogP contribution in [0.4, 0.5) is 0 Å². The maximum atomic E-state index is 11.8. The van der Waals surface area contributed by atoms with Crippen molar-refractivity contribution in [3.8, 4) is 0 Å². The fraction of sp³-hybridized carbons (Fsp3) is 0.944. The number of esters is 1. The fourth-order valence-electron chi connectivity index (χ4n) is 4.84. The molecule has 0 amide bonds. The van der Waals surface area contributed by atoms with Crippen LogP contribution in [0, 0.1) is 17.8 Å². The molecule has 3 nitrogen and oxygen atoms in total. The molecule has 0 spiro atoms. The molecular weight excluding hydrogens is 264 g/mol. The smallest absolute Gasteiger partial charge is 0.335 e. The first-order valence-corrected chi connectivity index (χ1v) is 9.10. The highest BCUT2D eigenvalue weighted by Gasteiger charge is 2.40. The minimum absolute atomic E-state index is 0.148. The first-order chi connectivity index (χ1) is 10.3. The molecule has 1 aliphatic heterocycles. The minimum Gasteiger partial charge on any atom is -0.464 e. The summed E-state index contributed by atoms with van der Waals surface area (Å²) in [7, 11) is 0. The molecule has 1 saturated heterocycles. The van der Waals surface area contributed by atoms with E-state index >= 15 is 0 Å². The molecule has 2 aliphatic carbocycles. The highest BCUT2D eigenvalue weighted by atomic mass is 16.6. The van der Waals surface area contributed by atoms with Gasteiger partial charge in [-0.3, -0.25) is 0 Å². The second-order valence-corrected chi connectivity index (χ2v) is 7.22. The lowest BCUT2D eigenvalue weighted by Crippen LogP contribution is -2.43. The summed E-state index contributed by atoms with van der Waals surface area (Å²) < 4.78 is 11.2. The van der Waals surface area contributed by atoms with Crippen LogP contribution in [0.3, 0.4) is 0 Å². The first kappa shape index (κ1) is 15.3. The molecule has 0 radical (unpaired) electrons. The molecule has 3 rings (SSSR count). The summed E-state index contributed by atoms with van der Waals surface area (Å²) in [5.74, 6) is 2.44. The van der Waals surface area contributed by atoms with Gasteiger partial charge < -0.3 is 9.47 Å². The van der Waals surface area contributed by atoms with Crippen LogP contribution in [-0.2, 0) is 14.3 Å². The molecule has 0 aromatic carbocycles. The average molecular weight is 294 g/mol. The lowest BCUT2D eigenvalue weighted by Gasteiger charge is -2.44. The van der Waals surface area contributed by atoms with Crippen molar-refractivity contribution in [2.24, 2.45) is 17.8 Å². The molecule has 0 bridgehead atoms. The van der Waals surface area contributed by atoms with Gasteiger partial charge in [0.25, 0.3) is 0 Å². The van der Waals surface area contributed by atoms with Gasteiger partial charge in [-0.25, -0.2) is 4.79 Å². The number of hydrogen-bond donors (Lipinski definition) is 0. The Morgan fingerprint density at radius 1 is 0.952 bits per heavy atom. The van der Waals surface area contributed by atoms with E-state index in [1.807, 2.05) is 6.92 Å². The highest BCUT2D eigenvalue weighted by molar-refractivity contribution is 5.74. The maximum absolute atomic E-state index is 11.8. The molecule has 0 N–H and O–H groups in total. The van der Waals surface area contributed by atoms with Crippen molar-refractivity contribution in [2.45, 2.75) is 83.3 Å². The van der Waals surface area contributed by atoms with Crippen LogP contribution in [0.2, 0.25) is 0 Å². The van der Waals surface area contributed by atoms with Crippen LogP contribution in [-0.4, -0.2) is 24.8 Å². The second-order valence-electron chi connectivity index (χ2n) is 7.22. The molecule has 0 aromatic heterocycles. The van der Waals surface area contributed by atoms with Gasteiger partial charge in [-0.05, 0) is 56.8 Å². The van der Waals surface area contributed by atoms with Crippen molar-refractivity contribution in [1.82, 2.24) is 0 Å². The first-order valence-electron chi connectivity index (χ1n) is 9.10. The minimum atomic E-state index is -0.294. The second kappa shape index (κ2) is 7.13. The van der Waals surface area contributed by atoms with Crippen molar-refractivity contribution in [3.63, 3.8) is 0 Å². The van der Waals surface area contributed by atoms with E-state index in [0.29, 0.717) is 18.6 Å².